The van der Waals surface area contributed by atoms with Crippen LogP contribution in [0.5, 0.6) is 11.5 Å². The van der Waals surface area contributed by atoms with Gasteiger partial charge in [0.1, 0.15) is 0 Å². The molecule has 0 atom stereocenters. The fourth-order valence-electron chi connectivity index (χ4n) is 1.49. The standard InChI is InChI=1S/C8H11BrN2O.C6H7BrN2O/c1-11(2)8-7(12-3)4-6(9)5-10-8;1-10-5-2-4(7)3-9-6(5)8/h4-5H,1-3H3;2-3H,1H3,(H2,8,9). The lowest BCUT2D eigenvalue weighted by atomic mass is 10.4. The summed E-state index contributed by atoms with van der Waals surface area (Å²) in [6, 6.07) is 3.66. The van der Waals surface area contributed by atoms with Gasteiger partial charge in [-0.25, -0.2) is 9.97 Å². The number of nitrogens with two attached hydrogens (primary N) is 1. The molecule has 8 heteroatoms. The van der Waals surface area contributed by atoms with E-state index >= 15 is 0 Å². The van der Waals surface area contributed by atoms with Crippen LogP contribution in [0.25, 0.3) is 0 Å². The highest BCUT2D eigenvalue weighted by Crippen LogP contribution is 2.26. The van der Waals surface area contributed by atoms with Gasteiger partial charge in [-0.1, -0.05) is 0 Å². The van der Waals surface area contributed by atoms with Gasteiger partial charge in [0.05, 0.1) is 14.2 Å². The Bertz CT molecular complexity index is 624. The van der Waals surface area contributed by atoms with Crippen molar-refractivity contribution in [2.24, 2.45) is 0 Å². The van der Waals surface area contributed by atoms with Crippen molar-refractivity contribution in [2.75, 3.05) is 38.9 Å². The molecule has 6 nitrogen and oxygen atoms in total. The van der Waals surface area contributed by atoms with Crippen molar-refractivity contribution in [1.29, 1.82) is 0 Å². The minimum Gasteiger partial charge on any atom is -0.493 e. The molecule has 2 aromatic heterocycles. The predicted octanol–water partition coefficient (Wildman–Crippen LogP) is 3.35. The molecule has 0 aliphatic rings. The smallest absolute Gasteiger partial charge is 0.170 e. The Kier molecular flexibility index (Phi) is 7.40. The minimum atomic E-state index is 0.408. The Morgan fingerprint density at radius 3 is 1.91 bits per heavy atom. The van der Waals surface area contributed by atoms with E-state index in [4.69, 9.17) is 15.2 Å². The second kappa shape index (κ2) is 8.79. The van der Waals surface area contributed by atoms with Crippen molar-refractivity contribution < 1.29 is 9.47 Å². The number of pyridine rings is 2. The van der Waals surface area contributed by atoms with E-state index < -0.39 is 0 Å². The number of methoxy groups -OCH3 is 2. The molecule has 2 N–H and O–H groups in total. The number of rotatable bonds is 3. The molecule has 0 fully saturated rings. The van der Waals surface area contributed by atoms with Crippen LogP contribution in [0.15, 0.2) is 33.5 Å². The molecular weight excluding hydrogens is 416 g/mol. The lowest BCUT2D eigenvalue weighted by Crippen LogP contribution is -2.11. The van der Waals surface area contributed by atoms with E-state index in [0.717, 1.165) is 20.5 Å². The maximum Gasteiger partial charge on any atom is 0.170 e. The first-order chi connectivity index (χ1) is 10.4. The molecule has 2 rings (SSSR count). The van der Waals surface area contributed by atoms with Gasteiger partial charge in [0.15, 0.2) is 23.1 Å². The van der Waals surface area contributed by atoms with Gasteiger partial charge >= 0.3 is 0 Å². The number of halogens is 2. The van der Waals surface area contributed by atoms with Gasteiger partial charge in [-0.3, -0.25) is 0 Å². The van der Waals surface area contributed by atoms with Crippen LogP contribution in [0.4, 0.5) is 11.6 Å². The van der Waals surface area contributed by atoms with Gasteiger partial charge in [0, 0.05) is 35.4 Å². The lowest BCUT2D eigenvalue weighted by Gasteiger charge is -2.14. The van der Waals surface area contributed by atoms with Gasteiger partial charge in [-0.05, 0) is 44.0 Å². The Balaban J connectivity index is 0.000000224. The van der Waals surface area contributed by atoms with Crippen LogP contribution in [0.2, 0.25) is 0 Å². The number of anilines is 2. The molecule has 0 amide bonds. The van der Waals surface area contributed by atoms with E-state index in [-0.39, 0.29) is 0 Å². The molecule has 0 aliphatic carbocycles. The molecule has 0 aromatic carbocycles. The highest BCUT2D eigenvalue weighted by Gasteiger charge is 2.06. The van der Waals surface area contributed by atoms with E-state index in [0.29, 0.717) is 11.6 Å². The number of nitrogen functional groups attached to an aromatic ring is 1. The van der Waals surface area contributed by atoms with E-state index in [2.05, 4.69) is 41.8 Å². The van der Waals surface area contributed by atoms with E-state index in [1.807, 2.05) is 25.1 Å². The second-order valence-corrected chi connectivity index (χ2v) is 6.15. The summed E-state index contributed by atoms with van der Waals surface area (Å²) >= 11 is 6.56. The van der Waals surface area contributed by atoms with E-state index in [9.17, 15) is 0 Å². The highest BCUT2D eigenvalue weighted by molar-refractivity contribution is 9.10. The first-order valence-electron chi connectivity index (χ1n) is 6.21. The largest absolute Gasteiger partial charge is 0.493 e. The average molecular weight is 434 g/mol. The Morgan fingerprint density at radius 1 is 0.955 bits per heavy atom. The van der Waals surface area contributed by atoms with Gasteiger partial charge in [0.25, 0.3) is 0 Å². The summed E-state index contributed by atoms with van der Waals surface area (Å²) < 4.78 is 11.8. The quantitative estimate of drug-likeness (QED) is 0.799. The molecule has 2 aromatic rings. The number of nitrogens with zero attached hydrogens (tertiary/aromatic N) is 3. The Hall–Kier alpha value is -1.54. The molecule has 0 radical (unpaired) electrons. The fourth-order valence-corrected chi connectivity index (χ4v) is 2.11. The second-order valence-electron chi connectivity index (χ2n) is 4.31. The van der Waals surface area contributed by atoms with Crippen LogP contribution in [-0.2, 0) is 0 Å². The Labute approximate surface area is 146 Å². The predicted molar refractivity (Wildman–Crippen MR) is 95.7 cm³/mol. The minimum absolute atomic E-state index is 0.408. The van der Waals surface area contributed by atoms with Gasteiger partial charge in [-0.15, -0.1) is 0 Å². The zero-order valence-electron chi connectivity index (χ0n) is 12.8. The third-order valence-electron chi connectivity index (χ3n) is 2.51. The van der Waals surface area contributed by atoms with Crippen LogP contribution in [0.3, 0.4) is 0 Å². The van der Waals surface area contributed by atoms with Crippen molar-refractivity contribution in [3.63, 3.8) is 0 Å². The van der Waals surface area contributed by atoms with Gasteiger partial charge < -0.3 is 20.1 Å². The zero-order chi connectivity index (χ0) is 16.7. The van der Waals surface area contributed by atoms with Gasteiger partial charge in [-0.2, -0.15) is 0 Å². The maximum absolute atomic E-state index is 5.44. The van der Waals surface area contributed by atoms with E-state index in [1.165, 1.54) is 0 Å². The molecule has 2 heterocycles. The highest BCUT2D eigenvalue weighted by atomic mass is 79.9. The molecule has 0 bridgehead atoms. The molecule has 22 heavy (non-hydrogen) atoms. The van der Waals surface area contributed by atoms with Crippen LogP contribution < -0.4 is 20.1 Å². The summed E-state index contributed by atoms with van der Waals surface area (Å²) in [6.45, 7) is 0. The average Bonchev–Trinajstić information content (AvgIpc) is 2.49. The van der Waals surface area contributed by atoms with E-state index in [1.54, 1.807) is 32.7 Å². The van der Waals surface area contributed by atoms with Crippen LogP contribution in [0, 0.1) is 0 Å². The summed E-state index contributed by atoms with van der Waals surface area (Å²) in [4.78, 5) is 9.97. The lowest BCUT2D eigenvalue weighted by molar-refractivity contribution is 0.413. The summed E-state index contributed by atoms with van der Waals surface area (Å²) in [5, 5.41) is 0. The molecule has 0 spiro atoms. The van der Waals surface area contributed by atoms with Crippen molar-refractivity contribution in [3.8, 4) is 11.5 Å². The van der Waals surface area contributed by atoms with Crippen molar-refractivity contribution in [3.05, 3.63) is 33.5 Å². The summed E-state index contributed by atoms with van der Waals surface area (Å²) in [7, 11) is 7.05. The normalized spacial score (nSPS) is 9.55. The zero-order valence-corrected chi connectivity index (χ0v) is 16.0. The van der Waals surface area contributed by atoms with Gasteiger partial charge in [0.2, 0.25) is 0 Å². The molecule has 0 saturated heterocycles. The van der Waals surface area contributed by atoms with Crippen molar-refractivity contribution >= 4 is 43.5 Å². The van der Waals surface area contributed by atoms with Crippen molar-refractivity contribution in [1.82, 2.24) is 9.97 Å². The molecular formula is C14H18Br2N4O2. The Morgan fingerprint density at radius 2 is 1.45 bits per heavy atom. The molecule has 0 unspecified atom stereocenters. The number of ether oxygens (including phenoxy) is 2. The van der Waals surface area contributed by atoms with Crippen LogP contribution in [-0.4, -0.2) is 38.3 Å². The monoisotopic (exact) mass is 432 g/mol. The first-order valence-corrected chi connectivity index (χ1v) is 7.79. The third-order valence-corrected chi connectivity index (χ3v) is 3.38. The third kappa shape index (κ3) is 5.34. The van der Waals surface area contributed by atoms with Crippen LogP contribution >= 0.6 is 31.9 Å². The topological polar surface area (TPSA) is 73.5 Å². The molecule has 0 aliphatic heterocycles. The summed E-state index contributed by atoms with van der Waals surface area (Å²) in [5.41, 5.74) is 5.44. The number of aromatic nitrogens is 2. The number of hydrogen-bond donors (Lipinski definition) is 1. The maximum atomic E-state index is 5.44. The molecule has 120 valence electrons. The number of hydrogen-bond acceptors (Lipinski definition) is 6. The van der Waals surface area contributed by atoms with Crippen molar-refractivity contribution in [2.45, 2.75) is 0 Å². The fraction of sp³-hybridized carbons (Fsp3) is 0.286. The van der Waals surface area contributed by atoms with Crippen LogP contribution in [0.1, 0.15) is 0 Å². The first kappa shape index (κ1) is 18.5. The molecule has 0 saturated carbocycles. The SMILES string of the molecule is COc1cc(Br)cnc1N.COc1cc(Br)cnc1N(C)C. The summed E-state index contributed by atoms with van der Waals surface area (Å²) in [5.74, 6) is 2.61. The summed E-state index contributed by atoms with van der Waals surface area (Å²) in [6.07, 6.45) is 3.37.